The molecule has 0 aromatic heterocycles. The predicted molar refractivity (Wildman–Crippen MR) is 137 cm³/mol. The molecular formula is C27H28FN3O5S. The van der Waals surface area contributed by atoms with Gasteiger partial charge in [0.2, 0.25) is 10.0 Å². The van der Waals surface area contributed by atoms with E-state index < -0.39 is 20.6 Å². The third-order valence-electron chi connectivity index (χ3n) is 6.72. The third kappa shape index (κ3) is 6.46. The average molecular weight is 526 g/mol. The molecule has 1 aliphatic rings. The Morgan fingerprint density at radius 2 is 1.62 bits per heavy atom. The normalized spacial score (nSPS) is 15.8. The lowest BCUT2D eigenvalue weighted by atomic mass is 9.87. The molecule has 37 heavy (non-hydrogen) atoms. The zero-order chi connectivity index (χ0) is 26.4. The standard InChI is InChI=1S/C27H28FN3O5S/c28-23-12-10-21(11-13-23)27(32)22-15-18-30(19-16-22)24(20-6-2-1-3-7-20)14-17-29-37(35,36)26-9-5-4-8-25(26)31(33)34/h1-13,22,24,29H,14-19H2. The van der Waals surface area contributed by atoms with Crippen LogP contribution in [0.25, 0.3) is 0 Å². The highest BCUT2D eigenvalue weighted by Gasteiger charge is 2.31. The average Bonchev–Trinajstić information content (AvgIpc) is 2.92. The number of rotatable bonds is 10. The lowest BCUT2D eigenvalue weighted by Gasteiger charge is -2.37. The topological polar surface area (TPSA) is 110 Å². The molecule has 0 saturated carbocycles. The zero-order valence-corrected chi connectivity index (χ0v) is 20.9. The summed E-state index contributed by atoms with van der Waals surface area (Å²) in [5.41, 5.74) is 1.06. The number of piperidine rings is 1. The van der Waals surface area contributed by atoms with Gasteiger partial charge in [0, 0.05) is 30.1 Å². The number of benzene rings is 3. The Balaban J connectivity index is 1.43. The summed E-state index contributed by atoms with van der Waals surface area (Å²) in [5, 5.41) is 11.3. The van der Waals surface area contributed by atoms with Crippen LogP contribution in [0.1, 0.15) is 41.2 Å². The molecule has 1 fully saturated rings. The van der Waals surface area contributed by atoms with E-state index in [2.05, 4.69) is 9.62 Å². The molecule has 1 N–H and O–H groups in total. The minimum atomic E-state index is -4.08. The summed E-state index contributed by atoms with van der Waals surface area (Å²) in [7, 11) is -4.08. The lowest BCUT2D eigenvalue weighted by molar-refractivity contribution is -0.387. The Hall–Kier alpha value is -3.47. The second-order valence-electron chi connectivity index (χ2n) is 9.02. The van der Waals surface area contributed by atoms with Gasteiger partial charge < -0.3 is 0 Å². The maximum Gasteiger partial charge on any atom is 0.289 e. The van der Waals surface area contributed by atoms with Crippen LogP contribution >= 0.6 is 0 Å². The fourth-order valence-corrected chi connectivity index (χ4v) is 6.02. The summed E-state index contributed by atoms with van der Waals surface area (Å²) < 4.78 is 41.4. The molecule has 3 aromatic carbocycles. The zero-order valence-electron chi connectivity index (χ0n) is 20.1. The highest BCUT2D eigenvalue weighted by molar-refractivity contribution is 7.89. The molecule has 0 spiro atoms. The minimum absolute atomic E-state index is 0.00752. The van der Waals surface area contributed by atoms with Crippen molar-refractivity contribution in [2.75, 3.05) is 19.6 Å². The van der Waals surface area contributed by atoms with E-state index in [4.69, 9.17) is 0 Å². The van der Waals surface area contributed by atoms with Gasteiger partial charge in [0.15, 0.2) is 10.7 Å². The van der Waals surface area contributed by atoms with Crippen LogP contribution in [0.2, 0.25) is 0 Å². The molecule has 1 unspecified atom stereocenters. The van der Waals surface area contributed by atoms with Crippen molar-refractivity contribution >= 4 is 21.5 Å². The molecule has 194 valence electrons. The number of nitrogens with zero attached hydrogens (tertiary/aromatic N) is 2. The number of nitro benzene ring substituents is 1. The van der Waals surface area contributed by atoms with Crippen LogP contribution in [0.4, 0.5) is 10.1 Å². The molecule has 1 saturated heterocycles. The van der Waals surface area contributed by atoms with E-state index in [0.29, 0.717) is 37.9 Å². The number of nitrogens with one attached hydrogen (secondary N) is 1. The molecule has 1 heterocycles. The first-order valence-corrected chi connectivity index (χ1v) is 13.6. The molecule has 0 bridgehead atoms. The Labute approximate surface area is 215 Å². The van der Waals surface area contributed by atoms with E-state index in [1.54, 1.807) is 0 Å². The second kappa shape index (κ2) is 11.7. The van der Waals surface area contributed by atoms with Gasteiger partial charge in [0.1, 0.15) is 5.82 Å². The second-order valence-corrected chi connectivity index (χ2v) is 10.8. The van der Waals surface area contributed by atoms with Crippen LogP contribution in [0, 0.1) is 21.8 Å². The number of carbonyl (C=O) groups is 1. The number of para-hydroxylation sites is 1. The lowest BCUT2D eigenvalue weighted by Crippen LogP contribution is -2.40. The Kier molecular flexibility index (Phi) is 8.42. The summed E-state index contributed by atoms with van der Waals surface area (Å²) in [4.78, 5) is 25.3. The van der Waals surface area contributed by atoms with Crippen molar-refractivity contribution in [3.8, 4) is 0 Å². The monoisotopic (exact) mass is 525 g/mol. The van der Waals surface area contributed by atoms with Gasteiger partial charge in [0.25, 0.3) is 5.69 Å². The van der Waals surface area contributed by atoms with E-state index in [1.807, 2.05) is 30.3 Å². The molecule has 0 aliphatic carbocycles. The van der Waals surface area contributed by atoms with Crippen molar-refractivity contribution in [2.24, 2.45) is 5.92 Å². The van der Waals surface area contributed by atoms with Gasteiger partial charge in [-0.3, -0.25) is 19.8 Å². The molecule has 8 nitrogen and oxygen atoms in total. The largest absolute Gasteiger partial charge is 0.296 e. The molecule has 10 heteroatoms. The van der Waals surface area contributed by atoms with Gasteiger partial charge in [0.05, 0.1) is 4.92 Å². The van der Waals surface area contributed by atoms with E-state index in [9.17, 15) is 27.7 Å². The highest BCUT2D eigenvalue weighted by Crippen LogP contribution is 2.31. The molecule has 3 aromatic rings. The summed E-state index contributed by atoms with van der Waals surface area (Å²) in [6.07, 6.45) is 1.73. The molecule has 4 rings (SSSR count). The van der Waals surface area contributed by atoms with Crippen molar-refractivity contribution in [2.45, 2.75) is 30.2 Å². The Bertz CT molecular complexity index is 1340. The van der Waals surface area contributed by atoms with Crippen LogP contribution in [0.3, 0.4) is 0 Å². The van der Waals surface area contributed by atoms with Gasteiger partial charge >= 0.3 is 0 Å². The number of hydrogen-bond donors (Lipinski definition) is 1. The number of halogens is 1. The summed E-state index contributed by atoms with van der Waals surface area (Å²) in [5.74, 6) is -0.530. The number of nitro groups is 1. The van der Waals surface area contributed by atoms with Gasteiger partial charge in [-0.2, -0.15) is 0 Å². The smallest absolute Gasteiger partial charge is 0.289 e. The van der Waals surface area contributed by atoms with Crippen molar-refractivity contribution < 1.29 is 22.5 Å². The van der Waals surface area contributed by atoms with Crippen molar-refractivity contribution in [1.82, 2.24) is 9.62 Å². The van der Waals surface area contributed by atoms with E-state index in [0.717, 1.165) is 5.56 Å². The first kappa shape index (κ1) is 26.6. The summed E-state index contributed by atoms with van der Waals surface area (Å²) >= 11 is 0. The number of hydrogen-bond acceptors (Lipinski definition) is 6. The van der Waals surface area contributed by atoms with E-state index >= 15 is 0 Å². The highest BCUT2D eigenvalue weighted by atomic mass is 32.2. The Morgan fingerprint density at radius 1 is 1.00 bits per heavy atom. The van der Waals surface area contributed by atoms with E-state index in [-0.39, 0.29) is 35.0 Å². The number of sulfonamides is 1. The third-order valence-corrected chi connectivity index (χ3v) is 8.22. The van der Waals surface area contributed by atoms with Crippen molar-refractivity contribution in [3.63, 3.8) is 0 Å². The van der Waals surface area contributed by atoms with Crippen LogP contribution in [0.5, 0.6) is 0 Å². The SMILES string of the molecule is O=C(c1ccc(F)cc1)C1CCN(C(CCNS(=O)(=O)c2ccccc2[N+](=O)[O-])c2ccccc2)CC1. The quantitative estimate of drug-likeness (QED) is 0.233. The van der Waals surface area contributed by atoms with Gasteiger partial charge in [-0.05, 0) is 68.2 Å². The molecule has 1 atom stereocenters. The molecule has 1 aliphatic heterocycles. The van der Waals surface area contributed by atoms with Crippen molar-refractivity contribution in [3.05, 3.63) is 106 Å². The first-order valence-electron chi connectivity index (χ1n) is 12.1. The summed E-state index contributed by atoms with van der Waals surface area (Å²) in [6, 6.07) is 20.5. The Morgan fingerprint density at radius 3 is 2.27 bits per heavy atom. The first-order chi connectivity index (χ1) is 17.8. The van der Waals surface area contributed by atoms with Gasteiger partial charge in [-0.15, -0.1) is 0 Å². The fraction of sp³-hybridized carbons (Fsp3) is 0.296. The molecular weight excluding hydrogens is 497 g/mol. The maximum absolute atomic E-state index is 13.2. The van der Waals surface area contributed by atoms with Crippen molar-refractivity contribution in [1.29, 1.82) is 0 Å². The predicted octanol–water partition coefficient (Wildman–Crippen LogP) is 4.74. The van der Waals surface area contributed by atoms with Crippen LogP contribution in [-0.2, 0) is 10.0 Å². The maximum atomic E-state index is 13.2. The van der Waals surface area contributed by atoms with Gasteiger partial charge in [-0.1, -0.05) is 42.5 Å². The number of likely N-dealkylation sites (tertiary alicyclic amines) is 1. The molecule has 0 radical (unpaired) electrons. The fourth-order valence-electron chi connectivity index (χ4n) is 4.80. The number of ketones is 1. The van der Waals surface area contributed by atoms with E-state index in [1.165, 1.54) is 48.5 Å². The van der Waals surface area contributed by atoms with Crippen LogP contribution in [-0.4, -0.2) is 43.7 Å². The minimum Gasteiger partial charge on any atom is -0.296 e. The van der Waals surface area contributed by atoms with Crippen LogP contribution in [0.15, 0.2) is 83.8 Å². The number of carbonyl (C=O) groups excluding carboxylic acids is 1. The van der Waals surface area contributed by atoms with Crippen LogP contribution < -0.4 is 4.72 Å². The number of Topliss-reactive ketones (excluding diaryl/α,β-unsaturated/α-hetero) is 1. The summed E-state index contributed by atoms with van der Waals surface area (Å²) in [6.45, 7) is 1.38. The molecule has 0 amide bonds. The van der Waals surface area contributed by atoms with Gasteiger partial charge in [-0.25, -0.2) is 17.5 Å².